The van der Waals surface area contributed by atoms with Crippen molar-refractivity contribution < 1.29 is 9.90 Å². The van der Waals surface area contributed by atoms with E-state index in [1.807, 2.05) is 20.8 Å². The average molecular weight is 239 g/mol. The summed E-state index contributed by atoms with van der Waals surface area (Å²) in [6.45, 7) is 6.24. The van der Waals surface area contributed by atoms with E-state index >= 15 is 0 Å². The third-order valence-electron chi connectivity index (χ3n) is 3.26. The number of aliphatic hydroxyl groups is 1. The Labute approximate surface area is 104 Å². The number of carbonyl (C=O) groups excluding carboxylic acids is 1. The second kappa shape index (κ2) is 6.20. The van der Waals surface area contributed by atoms with Crippen LogP contribution in [0, 0.1) is 5.41 Å². The standard InChI is InChI=1S/C14H25NO2/c1-14(2,3)12(16)10-15-13(17)9-11-7-5-4-6-8-11/h7,12,16H,4-6,8-10H2,1-3H3,(H,15,17). The van der Waals surface area contributed by atoms with E-state index in [-0.39, 0.29) is 11.3 Å². The summed E-state index contributed by atoms with van der Waals surface area (Å²) in [4.78, 5) is 11.7. The summed E-state index contributed by atoms with van der Waals surface area (Å²) in [6, 6.07) is 0. The Morgan fingerprint density at radius 3 is 2.71 bits per heavy atom. The Hall–Kier alpha value is -0.830. The molecule has 1 unspecified atom stereocenters. The Kier molecular flexibility index (Phi) is 5.19. The lowest BCUT2D eigenvalue weighted by atomic mass is 9.89. The predicted octanol–water partition coefficient (Wildman–Crippen LogP) is 2.40. The summed E-state index contributed by atoms with van der Waals surface area (Å²) in [6.07, 6.45) is 6.78. The molecule has 0 heterocycles. The van der Waals surface area contributed by atoms with Crippen molar-refractivity contribution in [3.05, 3.63) is 11.6 Å². The third kappa shape index (κ3) is 5.35. The molecule has 0 saturated heterocycles. The Balaban J connectivity index is 2.28. The fourth-order valence-corrected chi connectivity index (χ4v) is 1.85. The van der Waals surface area contributed by atoms with Crippen LogP contribution in [0.25, 0.3) is 0 Å². The summed E-state index contributed by atoms with van der Waals surface area (Å²) in [5.74, 6) is 0.0291. The summed E-state index contributed by atoms with van der Waals surface area (Å²) in [5.41, 5.74) is 1.07. The van der Waals surface area contributed by atoms with E-state index in [0.29, 0.717) is 13.0 Å². The maximum atomic E-state index is 11.7. The van der Waals surface area contributed by atoms with E-state index in [4.69, 9.17) is 0 Å². The van der Waals surface area contributed by atoms with Crippen LogP contribution in [0.2, 0.25) is 0 Å². The zero-order valence-electron chi connectivity index (χ0n) is 11.3. The number of aliphatic hydroxyl groups excluding tert-OH is 1. The largest absolute Gasteiger partial charge is 0.391 e. The van der Waals surface area contributed by atoms with Crippen molar-refractivity contribution in [2.45, 2.75) is 59.0 Å². The van der Waals surface area contributed by atoms with Gasteiger partial charge in [0, 0.05) is 13.0 Å². The summed E-state index contributed by atoms with van der Waals surface area (Å²) < 4.78 is 0. The fraction of sp³-hybridized carbons (Fsp3) is 0.786. The molecule has 3 heteroatoms. The van der Waals surface area contributed by atoms with E-state index in [9.17, 15) is 9.90 Å². The van der Waals surface area contributed by atoms with Gasteiger partial charge in [0.15, 0.2) is 0 Å². The van der Waals surface area contributed by atoms with Crippen LogP contribution in [0.15, 0.2) is 11.6 Å². The molecule has 1 atom stereocenters. The highest BCUT2D eigenvalue weighted by Crippen LogP contribution is 2.20. The van der Waals surface area contributed by atoms with Gasteiger partial charge < -0.3 is 10.4 Å². The molecule has 0 spiro atoms. The number of hydrogen-bond donors (Lipinski definition) is 2. The van der Waals surface area contributed by atoms with E-state index < -0.39 is 6.10 Å². The minimum Gasteiger partial charge on any atom is -0.391 e. The number of rotatable bonds is 4. The highest BCUT2D eigenvalue weighted by atomic mass is 16.3. The number of hydrogen-bond acceptors (Lipinski definition) is 2. The molecule has 0 aromatic heterocycles. The molecule has 0 bridgehead atoms. The molecule has 1 amide bonds. The molecule has 17 heavy (non-hydrogen) atoms. The first-order valence-corrected chi connectivity index (χ1v) is 6.52. The van der Waals surface area contributed by atoms with E-state index in [0.717, 1.165) is 12.8 Å². The Morgan fingerprint density at radius 2 is 2.18 bits per heavy atom. The van der Waals surface area contributed by atoms with Crippen molar-refractivity contribution in [2.75, 3.05) is 6.54 Å². The van der Waals surface area contributed by atoms with Gasteiger partial charge in [0.1, 0.15) is 0 Å². The maximum Gasteiger partial charge on any atom is 0.224 e. The van der Waals surface area contributed by atoms with Gasteiger partial charge in [-0.25, -0.2) is 0 Å². The van der Waals surface area contributed by atoms with Gasteiger partial charge in [0.2, 0.25) is 5.91 Å². The molecule has 0 radical (unpaired) electrons. The number of nitrogens with one attached hydrogen (secondary N) is 1. The first-order chi connectivity index (χ1) is 7.89. The van der Waals surface area contributed by atoms with Crippen molar-refractivity contribution in [3.63, 3.8) is 0 Å². The SMILES string of the molecule is CC(C)(C)C(O)CNC(=O)CC1=CCCCC1. The van der Waals surface area contributed by atoms with Crippen molar-refractivity contribution in [1.29, 1.82) is 0 Å². The molecule has 0 aliphatic heterocycles. The quantitative estimate of drug-likeness (QED) is 0.740. The highest BCUT2D eigenvalue weighted by molar-refractivity contribution is 5.78. The molecule has 2 N–H and O–H groups in total. The summed E-state index contributed by atoms with van der Waals surface area (Å²) in [7, 11) is 0. The molecule has 0 fully saturated rings. The molecular formula is C14H25NO2. The number of amides is 1. The second-order valence-corrected chi connectivity index (χ2v) is 5.97. The van der Waals surface area contributed by atoms with Gasteiger partial charge in [-0.3, -0.25) is 4.79 Å². The van der Waals surface area contributed by atoms with Crippen LogP contribution in [0.5, 0.6) is 0 Å². The molecule has 1 aliphatic carbocycles. The average Bonchev–Trinajstić information content (AvgIpc) is 2.26. The topological polar surface area (TPSA) is 49.3 Å². The normalized spacial score (nSPS) is 18.5. The summed E-state index contributed by atoms with van der Waals surface area (Å²) >= 11 is 0. The molecule has 3 nitrogen and oxygen atoms in total. The maximum absolute atomic E-state index is 11.7. The van der Waals surface area contributed by atoms with Crippen LogP contribution < -0.4 is 5.32 Å². The highest BCUT2D eigenvalue weighted by Gasteiger charge is 2.22. The van der Waals surface area contributed by atoms with Crippen LogP contribution in [-0.2, 0) is 4.79 Å². The van der Waals surface area contributed by atoms with Gasteiger partial charge in [-0.15, -0.1) is 0 Å². The minimum atomic E-state index is -0.494. The van der Waals surface area contributed by atoms with E-state index in [1.54, 1.807) is 0 Å². The van der Waals surface area contributed by atoms with Crippen molar-refractivity contribution in [3.8, 4) is 0 Å². The van der Waals surface area contributed by atoms with E-state index in [2.05, 4.69) is 11.4 Å². The van der Waals surface area contributed by atoms with Gasteiger partial charge in [0.25, 0.3) is 0 Å². The Morgan fingerprint density at radius 1 is 1.47 bits per heavy atom. The number of allylic oxidation sites excluding steroid dienone is 1. The monoisotopic (exact) mass is 239 g/mol. The van der Waals surface area contributed by atoms with Crippen LogP contribution in [0.1, 0.15) is 52.9 Å². The van der Waals surface area contributed by atoms with Crippen molar-refractivity contribution in [1.82, 2.24) is 5.32 Å². The first kappa shape index (κ1) is 14.2. The van der Waals surface area contributed by atoms with Gasteiger partial charge in [-0.1, -0.05) is 32.4 Å². The number of carbonyl (C=O) groups is 1. The molecule has 1 aliphatic rings. The lowest BCUT2D eigenvalue weighted by molar-refractivity contribution is -0.121. The summed E-state index contributed by atoms with van der Waals surface area (Å²) in [5, 5.41) is 12.6. The smallest absolute Gasteiger partial charge is 0.224 e. The molecular weight excluding hydrogens is 214 g/mol. The zero-order valence-corrected chi connectivity index (χ0v) is 11.3. The molecule has 0 aromatic carbocycles. The molecule has 0 aromatic rings. The van der Waals surface area contributed by atoms with Gasteiger partial charge in [-0.2, -0.15) is 0 Å². The molecule has 1 rings (SSSR count). The second-order valence-electron chi connectivity index (χ2n) is 5.97. The first-order valence-electron chi connectivity index (χ1n) is 6.52. The van der Waals surface area contributed by atoms with E-state index in [1.165, 1.54) is 18.4 Å². The van der Waals surface area contributed by atoms with Crippen molar-refractivity contribution >= 4 is 5.91 Å². The predicted molar refractivity (Wildman–Crippen MR) is 69.6 cm³/mol. The van der Waals surface area contributed by atoms with Crippen LogP contribution >= 0.6 is 0 Å². The van der Waals surface area contributed by atoms with Gasteiger partial charge in [0.05, 0.1) is 6.10 Å². The Bertz CT molecular complexity index is 289. The van der Waals surface area contributed by atoms with Crippen LogP contribution in [0.4, 0.5) is 0 Å². The lowest BCUT2D eigenvalue weighted by Gasteiger charge is -2.26. The van der Waals surface area contributed by atoms with Crippen LogP contribution in [0.3, 0.4) is 0 Å². The van der Waals surface area contributed by atoms with Gasteiger partial charge in [-0.05, 0) is 31.1 Å². The van der Waals surface area contributed by atoms with Crippen molar-refractivity contribution in [2.24, 2.45) is 5.41 Å². The fourth-order valence-electron chi connectivity index (χ4n) is 1.85. The van der Waals surface area contributed by atoms with Crippen LogP contribution in [-0.4, -0.2) is 23.7 Å². The minimum absolute atomic E-state index is 0.0291. The molecule has 98 valence electrons. The zero-order chi connectivity index (χ0) is 12.9. The molecule has 0 saturated carbocycles. The van der Waals surface area contributed by atoms with Gasteiger partial charge >= 0.3 is 0 Å². The third-order valence-corrected chi connectivity index (χ3v) is 3.26. The lowest BCUT2D eigenvalue weighted by Crippen LogP contribution is -2.39.